The molecule has 0 aliphatic carbocycles. The molecule has 2 aliphatic heterocycles. The Hall–Kier alpha value is -2.53. The number of pyridine rings is 2. The van der Waals surface area contributed by atoms with Crippen LogP contribution in [0.15, 0.2) is 36.7 Å². The summed E-state index contributed by atoms with van der Waals surface area (Å²) in [5, 5.41) is 4.99. The zero-order valence-corrected chi connectivity index (χ0v) is 28.6. The molecule has 2 atom stereocenters. The zero-order valence-electron chi connectivity index (χ0n) is 26.4. The van der Waals surface area contributed by atoms with Crippen LogP contribution in [-0.2, 0) is 9.47 Å². The van der Waals surface area contributed by atoms with E-state index in [1.165, 1.54) is 0 Å². The Kier molecular flexibility index (Phi) is 14.1. The van der Waals surface area contributed by atoms with E-state index in [-0.39, 0.29) is 18.2 Å². The van der Waals surface area contributed by atoms with E-state index >= 15 is 0 Å². The number of aromatic nitrogens is 2. The fraction of sp³-hybridized carbons (Fsp3) is 0.600. The lowest BCUT2D eigenvalue weighted by molar-refractivity contribution is 0.0197. The van der Waals surface area contributed by atoms with Crippen LogP contribution in [0.4, 0.5) is 15.4 Å². The quantitative estimate of drug-likeness (QED) is 0.335. The number of hydrogen-bond donors (Lipinski definition) is 1. The molecule has 0 spiro atoms. The van der Waals surface area contributed by atoms with Crippen LogP contribution in [0, 0.1) is 0 Å². The molecule has 2 amide bonds. The minimum absolute atomic E-state index is 0.164. The van der Waals surface area contributed by atoms with Crippen LogP contribution in [0.25, 0.3) is 0 Å². The summed E-state index contributed by atoms with van der Waals surface area (Å²) in [5.41, 5.74) is -0.864. The molecule has 2 saturated heterocycles. The maximum absolute atomic E-state index is 12.1. The second kappa shape index (κ2) is 16.5. The Morgan fingerprint density at radius 1 is 0.814 bits per heavy atom. The molecule has 4 rings (SSSR count). The van der Waals surface area contributed by atoms with Crippen LogP contribution in [0.2, 0.25) is 15.2 Å². The zero-order chi connectivity index (χ0) is 32.4. The third-order valence-corrected chi connectivity index (χ3v) is 6.67. The minimum atomic E-state index is -0.466. The number of carbonyl (C=O) groups excluding carboxylic acids is 2. The molecule has 0 aromatic carbocycles. The van der Waals surface area contributed by atoms with Crippen molar-refractivity contribution < 1.29 is 19.1 Å². The highest BCUT2D eigenvalue weighted by molar-refractivity contribution is 6.33. The van der Waals surface area contributed by atoms with E-state index in [2.05, 4.69) is 34.0 Å². The van der Waals surface area contributed by atoms with Crippen molar-refractivity contribution in [2.75, 3.05) is 44.2 Å². The van der Waals surface area contributed by atoms with E-state index in [0.29, 0.717) is 40.9 Å². The molecular weight excluding hydrogens is 615 g/mol. The van der Waals surface area contributed by atoms with Crippen molar-refractivity contribution in [1.82, 2.24) is 25.1 Å². The predicted octanol–water partition coefficient (Wildman–Crippen LogP) is 6.78. The summed E-state index contributed by atoms with van der Waals surface area (Å²) in [7, 11) is 0. The summed E-state index contributed by atoms with van der Waals surface area (Å²) in [5.74, 6) is 0.846. The van der Waals surface area contributed by atoms with Gasteiger partial charge in [-0.25, -0.2) is 19.6 Å². The molecule has 240 valence electrons. The van der Waals surface area contributed by atoms with Gasteiger partial charge in [0.05, 0.1) is 0 Å². The van der Waals surface area contributed by atoms with Crippen molar-refractivity contribution in [3.05, 3.63) is 51.9 Å². The number of carbonyl (C=O) groups is 2. The van der Waals surface area contributed by atoms with Crippen LogP contribution >= 0.6 is 34.8 Å². The second-order valence-electron chi connectivity index (χ2n) is 12.4. The van der Waals surface area contributed by atoms with Gasteiger partial charge < -0.3 is 29.5 Å². The molecule has 0 unspecified atom stereocenters. The molecule has 13 heteroatoms. The smallest absolute Gasteiger partial charge is 0.410 e. The molecule has 10 nitrogen and oxygen atoms in total. The van der Waals surface area contributed by atoms with Crippen LogP contribution in [0.5, 0.6) is 0 Å². The molecule has 0 saturated carbocycles. The Labute approximate surface area is 271 Å². The van der Waals surface area contributed by atoms with E-state index in [1.54, 1.807) is 40.4 Å². The van der Waals surface area contributed by atoms with Crippen LogP contribution in [0.3, 0.4) is 0 Å². The monoisotopic (exact) mass is 658 g/mol. The van der Waals surface area contributed by atoms with Gasteiger partial charge in [0.15, 0.2) is 0 Å². The molecule has 2 fully saturated rings. The third-order valence-electron chi connectivity index (χ3n) is 5.99. The number of hydrogen-bond acceptors (Lipinski definition) is 8. The van der Waals surface area contributed by atoms with E-state index < -0.39 is 11.2 Å². The van der Waals surface area contributed by atoms with Gasteiger partial charge in [-0.05, 0) is 79.7 Å². The average Bonchev–Trinajstić information content (AvgIpc) is 2.87. The Bertz CT molecular complexity index is 1170. The van der Waals surface area contributed by atoms with Crippen LogP contribution in [-0.4, -0.2) is 94.5 Å². The predicted molar refractivity (Wildman–Crippen MR) is 173 cm³/mol. The van der Waals surface area contributed by atoms with Crippen molar-refractivity contribution in [2.45, 2.75) is 78.7 Å². The van der Waals surface area contributed by atoms with Gasteiger partial charge in [0, 0.05) is 73.8 Å². The van der Waals surface area contributed by atoms with Gasteiger partial charge in [-0.3, -0.25) is 0 Å². The molecule has 2 aromatic rings. The molecule has 2 aliphatic rings. The van der Waals surface area contributed by atoms with Gasteiger partial charge in [-0.2, -0.15) is 0 Å². The SMILES string of the molecule is C[C@H]1CN(C(=O)OC(C)(C)C)CCN1.C[C@H]1CN(C(=O)OC(C)(C)C)CCN1c1cc(Cl)ccn1.Clc1ccnc(Cl)c1. The highest BCUT2D eigenvalue weighted by atomic mass is 35.5. The van der Waals surface area contributed by atoms with E-state index in [9.17, 15) is 9.59 Å². The summed E-state index contributed by atoms with van der Waals surface area (Å²) < 4.78 is 10.7. The normalized spacial score (nSPS) is 18.9. The highest BCUT2D eigenvalue weighted by Gasteiger charge is 2.30. The van der Waals surface area contributed by atoms with Gasteiger partial charge in [0.2, 0.25) is 0 Å². The molecule has 2 aromatic heterocycles. The number of ether oxygens (including phenoxy) is 2. The van der Waals surface area contributed by atoms with Gasteiger partial charge >= 0.3 is 12.2 Å². The maximum atomic E-state index is 12.1. The van der Waals surface area contributed by atoms with Gasteiger partial charge in [-0.15, -0.1) is 0 Å². The summed E-state index contributed by atoms with van der Waals surface area (Å²) in [6, 6.07) is 7.39. The van der Waals surface area contributed by atoms with Gasteiger partial charge in [0.1, 0.15) is 22.2 Å². The first-order chi connectivity index (χ1) is 19.9. The number of piperazine rings is 2. The minimum Gasteiger partial charge on any atom is -0.444 e. The standard InChI is InChI=1S/C15H22ClN3O2.C10H20N2O2.C5H3Cl2N/c1-11-10-18(14(20)21-15(2,3)4)7-8-19(11)13-9-12(16)5-6-17-13;1-8-7-12(6-5-11-8)9(13)14-10(2,3)4;6-4-1-2-8-5(7)3-4/h5-6,9,11H,7-8,10H2,1-4H3;8,11H,5-7H2,1-4H3;1-3H/t11-;8-;/m00./s1. The Balaban J connectivity index is 0.000000251. The van der Waals surface area contributed by atoms with Crippen molar-refractivity contribution >= 4 is 52.8 Å². The Morgan fingerprint density at radius 3 is 1.79 bits per heavy atom. The number of amides is 2. The fourth-order valence-electron chi connectivity index (χ4n) is 4.14. The maximum Gasteiger partial charge on any atom is 0.410 e. The number of rotatable bonds is 1. The molecule has 1 N–H and O–H groups in total. The molecule has 43 heavy (non-hydrogen) atoms. The lowest BCUT2D eigenvalue weighted by atomic mass is 10.2. The van der Waals surface area contributed by atoms with E-state index in [0.717, 1.165) is 25.5 Å². The summed E-state index contributed by atoms with van der Waals surface area (Å²) in [4.78, 5) is 37.5. The number of nitrogens with zero attached hydrogens (tertiary/aromatic N) is 5. The summed E-state index contributed by atoms with van der Waals surface area (Å²) in [6.07, 6.45) is 2.80. The second-order valence-corrected chi connectivity index (χ2v) is 13.6. The largest absolute Gasteiger partial charge is 0.444 e. The molecule has 0 radical (unpaired) electrons. The van der Waals surface area contributed by atoms with Crippen molar-refractivity contribution in [1.29, 1.82) is 0 Å². The van der Waals surface area contributed by atoms with E-state index in [1.807, 2.05) is 47.6 Å². The highest BCUT2D eigenvalue weighted by Crippen LogP contribution is 2.22. The molecular formula is C30H45Cl3N6O4. The number of nitrogens with one attached hydrogen (secondary N) is 1. The first-order valence-corrected chi connectivity index (χ1v) is 15.4. The third kappa shape index (κ3) is 14.2. The van der Waals surface area contributed by atoms with Gasteiger partial charge in [0.25, 0.3) is 0 Å². The first kappa shape index (κ1) is 36.7. The van der Waals surface area contributed by atoms with Crippen LogP contribution in [0.1, 0.15) is 55.4 Å². The first-order valence-electron chi connectivity index (χ1n) is 14.3. The molecule has 0 bridgehead atoms. The van der Waals surface area contributed by atoms with Gasteiger partial charge in [-0.1, -0.05) is 34.8 Å². The van der Waals surface area contributed by atoms with Crippen LogP contribution < -0.4 is 10.2 Å². The average molecular weight is 660 g/mol. The fourth-order valence-corrected chi connectivity index (χ4v) is 4.69. The van der Waals surface area contributed by atoms with Crippen molar-refractivity contribution in [2.24, 2.45) is 0 Å². The number of halogens is 3. The number of anilines is 1. The van der Waals surface area contributed by atoms with E-state index in [4.69, 9.17) is 44.3 Å². The lowest BCUT2D eigenvalue weighted by Crippen LogP contribution is -2.54. The topological polar surface area (TPSA) is 100 Å². The van der Waals surface area contributed by atoms with Crippen molar-refractivity contribution in [3.8, 4) is 0 Å². The Morgan fingerprint density at radius 2 is 1.35 bits per heavy atom. The summed E-state index contributed by atoms with van der Waals surface area (Å²) in [6.45, 7) is 19.7. The lowest BCUT2D eigenvalue weighted by Gasteiger charge is -2.40. The van der Waals surface area contributed by atoms with Crippen molar-refractivity contribution in [3.63, 3.8) is 0 Å². The molecule has 4 heterocycles. The summed E-state index contributed by atoms with van der Waals surface area (Å²) >= 11 is 17.0.